The molecule has 0 saturated heterocycles. The van der Waals surface area contributed by atoms with Gasteiger partial charge in [0.1, 0.15) is 5.82 Å². The smallest absolute Gasteiger partial charge is 0.121 e. The Bertz CT molecular complexity index is 562. The first-order valence-corrected chi connectivity index (χ1v) is 5.98. The summed E-state index contributed by atoms with van der Waals surface area (Å²) in [6.07, 6.45) is 0. The fraction of sp³-hybridized carbons (Fsp3) is 0.357. The molecule has 4 nitrogen and oxygen atoms in total. The summed E-state index contributed by atoms with van der Waals surface area (Å²) in [6, 6.07) is 6.22. The van der Waals surface area contributed by atoms with Crippen LogP contribution in [0.2, 0.25) is 0 Å². The standard InChI is InChI=1S/C14H20N4/c1-9-6-11(7-13(10(9)2)17(3)4)12-8-14(15)18(5)16-12/h6-8H,15H2,1-5H3. The molecule has 0 aliphatic carbocycles. The van der Waals surface area contributed by atoms with Crippen molar-refractivity contribution in [2.45, 2.75) is 13.8 Å². The SMILES string of the molecule is Cc1cc(-c2cc(N)n(C)n2)cc(N(C)C)c1C. The number of anilines is 2. The van der Waals surface area contributed by atoms with Gasteiger partial charge in [-0.2, -0.15) is 5.10 Å². The lowest BCUT2D eigenvalue weighted by molar-refractivity contribution is 0.782. The van der Waals surface area contributed by atoms with Gasteiger partial charge in [0.05, 0.1) is 5.69 Å². The molecular formula is C14H20N4. The maximum absolute atomic E-state index is 5.83. The Morgan fingerprint density at radius 1 is 1.17 bits per heavy atom. The largest absolute Gasteiger partial charge is 0.384 e. The number of hydrogen-bond donors (Lipinski definition) is 1. The summed E-state index contributed by atoms with van der Waals surface area (Å²) in [4.78, 5) is 2.12. The van der Waals surface area contributed by atoms with E-state index < -0.39 is 0 Å². The average Bonchev–Trinajstić information content (AvgIpc) is 2.62. The van der Waals surface area contributed by atoms with Crippen LogP contribution >= 0.6 is 0 Å². The molecule has 0 amide bonds. The summed E-state index contributed by atoms with van der Waals surface area (Å²) in [6.45, 7) is 4.26. The molecule has 0 unspecified atom stereocenters. The molecule has 0 fully saturated rings. The van der Waals surface area contributed by atoms with Gasteiger partial charge in [0, 0.05) is 38.5 Å². The topological polar surface area (TPSA) is 47.1 Å². The van der Waals surface area contributed by atoms with Gasteiger partial charge in [-0.25, -0.2) is 0 Å². The van der Waals surface area contributed by atoms with E-state index in [-0.39, 0.29) is 0 Å². The van der Waals surface area contributed by atoms with Crippen LogP contribution in [0.15, 0.2) is 18.2 Å². The molecule has 0 radical (unpaired) electrons. The Labute approximate surface area is 108 Å². The van der Waals surface area contributed by atoms with E-state index in [0.29, 0.717) is 5.82 Å². The molecule has 0 bridgehead atoms. The van der Waals surface area contributed by atoms with Gasteiger partial charge < -0.3 is 10.6 Å². The van der Waals surface area contributed by atoms with Crippen molar-refractivity contribution in [3.05, 3.63) is 29.3 Å². The quantitative estimate of drug-likeness (QED) is 0.882. The molecule has 1 aromatic carbocycles. The number of nitrogens with zero attached hydrogens (tertiary/aromatic N) is 3. The Hall–Kier alpha value is -1.97. The van der Waals surface area contributed by atoms with Crippen molar-refractivity contribution >= 4 is 11.5 Å². The van der Waals surface area contributed by atoms with Gasteiger partial charge in [-0.1, -0.05) is 0 Å². The second-order valence-electron chi connectivity index (χ2n) is 4.91. The normalized spacial score (nSPS) is 10.7. The number of aryl methyl sites for hydroxylation is 2. The minimum absolute atomic E-state index is 0.676. The van der Waals surface area contributed by atoms with Crippen LogP contribution in [0, 0.1) is 13.8 Å². The van der Waals surface area contributed by atoms with E-state index in [0.717, 1.165) is 11.3 Å². The van der Waals surface area contributed by atoms with Crippen molar-refractivity contribution in [1.29, 1.82) is 0 Å². The zero-order chi connectivity index (χ0) is 13.4. The van der Waals surface area contributed by atoms with Gasteiger partial charge >= 0.3 is 0 Å². The fourth-order valence-electron chi connectivity index (χ4n) is 2.08. The third-order valence-electron chi connectivity index (χ3n) is 3.33. The van der Waals surface area contributed by atoms with Crippen molar-refractivity contribution in [2.75, 3.05) is 24.7 Å². The summed E-state index contributed by atoms with van der Waals surface area (Å²) in [5.41, 5.74) is 11.6. The zero-order valence-corrected chi connectivity index (χ0v) is 11.7. The Morgan fingerprint density at radius 3 is 2.33 bits per heavy atom. The van der Waals surface area contributed by atoms with E-state index in [1.54, 1.807) is 4.68 Å². The molecule has 96 valence electrons. The molecule has 2 N–H and O–H groups in total. The lowest BCUT2D eigenvalue weighted by Gasteiger charge is -2.18. The Balaban J connectivity index is 2.58. The molecular weight excluding hydrogens is 224 g/mol. The van der Waals surface area contributed by atoms with Crippen LogP contribution in [-0.2, 0) is 7.05 Å². The summed E-state index contributed by atoms with van der Waals surface area (Å²) >= 11 is 0. The van der Waals surface area contributed by atoms with Crippen LogP contribution in [0.5, 0.6) is 0 Å². The highest BCUT2D eigenvalue weighted by atomic mass is 15.3. The van der Waals surface area contributed by atoms with Crippen LogP contribution in [0.1, 0.15) is 11.1 Å². The highest BCUT2D eigenvalue weighted by Crippen LogP contribution is 2.29. The first-order valence-electron chi connectivity index (χ1n) is 5.98. The summed E-state index contributed by atoms with van der Waals surface area (Å²) in [7, 11) is 5.96. The van der Waals surface area contributed by atoms with Gasteiger partial charge in [0.2, 0.25) is 0 Å². The van der Waals surface area contributed by atoms with Crippen LogP contribution in [0.4, 0.5) is 11.5 Å². The second-order valence-corrected chi connectivity index (χ2v) is 4.91. The third-order valence-corrected chi connectivity index (χ3v) is 3.33. The molecule has 2 rings (SSSR count). The fourth-order valence-corrected chi connectivity index (χ4v) is 2.08. The number of nitrogens with two attached hydrogens (primary N) is 1. The molecule has 0 aliphatic rings. The summed E-state index contributed by atoms with van der Waals surface area (Å²) < 4.78 is 1.69. The second kappa shape index (κ2) is 4.37. The first-order chi connectivity index (χ1) is 8.40. The maximum Gasteiger partial charge on any atom is 0.121 e. The van der Waals surface area contributed by atoms with Crippen LogP contribution in [0.3, 0.4) is 0 Å². The van der Waals surface area contributed by atoms with Crippen LogP contribution in [-0.4, -0.2) is 23.9 Å². The molecule has 18 heavy (non-hydrogen) atoms. The first kappa shape index (κ1) is 12.5. The van der Waals surface area contributed by atoms with Crippen molar-refractivity contribution in [3.8, 4) is 11.3 Å². The number of nitrogen functional groups attached to an aromatic ring is 1. The molecule has 1 aromatic heterocycles. The van der Waals surface area contributed by atoms with Gasteiger partial charge in [-0.15, -0.1) is 0 Å². The molecule has 0 aliphatic heterocycles. The molecule has 0 spiro atoms. The number of aromatic nitrogens is 2. The monoisotopic (exact) mass is 244 g/mol. The van der Waals surface area contributed by atoms with Crippen molar-refractivity contribution in [2.24, 2.45) is 7.05 Å². The number of rotatable bonds is 2. The van der Waals surface area contributed by atoms with E-state index in [4.69, 9.17) is 5.73 Å². The third kappa shape index (κ3) is 2.06. The van der Waals surface area contributed by atoms with E-state index in [2.05, 4.69) is 50.1 Å². The molecule has 2 aromatic rings. The molecule has 4 heteroatoms. The lowest BCUT2D eigenvalue weighted by Crippen LogP contribution is -2.11. The average molecular weight is 244 g/mol. The zero-order valence-electron chi connectivity index (χ0n) is 11.7. The van der Waals surface area contributed by atoms with E-state index in [1.165, 1.54) is 16.8 Å². The highest BCUT2D eigenvalue weighted by Gasteiger charge is 2.10. The highest BCUT2D eigenvalue weighted by molar-refractivity contribution is 5.71. The number of hydrogen-bond acceptors (Lipinski definition) is 3. The van der Waals surface area contributed by atoms with Crippen LogP contribution < -0.4 is 10.6 Å². The van der Waals surface area contributed by atoms with Crippen molar-refractivity contribution in [1.82, 2.24) is 9.78 Å². The number of benzene rings is 1. The van der Waals surface area contributed by atoms with Crippen LogP contribution in [0.25, 0.3) is 11.3 Å². The minimum Gasteiger partial charge on any atom is -0.384 e. The predicted octanol–water partition coefficient (Wildman–Crippen LogP) is 2.35. The van der Waals surface area contributed by atoms with Gasteiger partial charge in [0.25, 0.3) is 0 Å². The minimum atomic E-state index is 0.676. The van der Waals surface area contributed by atoms with E-state index in [1.807, 2.05) is 13.1 Å². The summed E-state index contributed by atoms with van der Waals surface area (Å²) in [5.74, 6) is 0.676. The predicted molar refractivity (Wildman–Crippen MR) is 76.9 cm³/mol. The van der Waals surface area contributed by atoms with E-state index in [9.17, 15) is 0 Å². The van der Waals surface area contributed by atoms with E-state index >= 15 is 0 Å². The summed E-state index contributed by atoms with van der Waals surface area (Å²) in [5, 5.41) is 4.42. The van der Waals surface area contributed by atoms with Crippen molar-refractivity contribution in [3.63, 3.8) is 0 Å². The van der Waals surface area contributed by atoms with Crippen molar-refractivity contribution < 1.29 is 0 Å². The van der Waals surface area contributed by atoms with Gasteiger partial charge in [0.15, 0.2) is 0 Å². The lowest BCUT2D eigenvalue weighted by atomic mass is 10.0. The van der Waals surface area contributed by atoms with Gasteiger partial charge in [-0.3, -0.25) is 4.68 Å². The van der Waals surface area contributed by atoms with Gasteiger partial charge in [-0.05, 0) is 37.1 Å². The maximum atomic E-state index is 5.83. The Kier molecular flexibility index (Phi) is 3.03. The molecule has 1 heterocycles. The molecule has 0 atom stereocenters. The molecule has 0 saturated carbocycles. The Morgan fingerprint density at radius 2 is 1.83 bits per heavy atom.